The molecule has 28 heavy (non-hydrogen) atoms. The van der Waals surface area contributed by atoms with E-state index in [-0.39, 0.29) is 35.4 Å². The van der Waals surface area contributed by atoms with Gasteiger partial charge < -0.3 is 20.4 Å². The highest BCUT2D eigenvalue weighted by Gasteiger charge is 2.30. The summed E-state index contributed by atoms with van der Waals surface area (Å²) in [6.45, 7) is -0.259. The highest BCUT2D eigenvalue weighted by atomic mass is 16.5. The first-order valence-electron chi connectivity index (χ1n) is 8.36. The van der Waals surface area contributed by atoms with Gasteiger partial charge in [0.05, 0.1) is 10.8 Å². The molecule has 9 nitrogen and oxygen atoms in total. The standard InChI is InChI=1S/C19H17N3O6/c1-20-19(25)18-16(21(26)14-4-2-3-5-15(14)22(18)27)11-28-13-8-6-12(7-9-13)10-17(23)24/h2-9,26H,10-11H2,1H3,(H-,20,23,24,25)/p+1. The molecule has 1 heterocycles. The Labute approximate surface area is 159 Å². The first kappa shape index (κ1) is 18.9. The van der Waals surface area contributed by atoms with Crippen LogP contribution in [0.4, 0.5) is 0 Å². The molecule has 0 spiro atoms. The van der Waals surface area contributed by atoms with Crippen LogP contribution in [0.25, 0.3) is 11.0 Å². The summed E-state index contributed by atoms with van der Waals surface area (Å²) in [5.41, 5.74) is 0.644. The van der Waals surface area contributed by atoms with Gasteiger partial charge in [0, 0.05) is 18.0 Å². The number of carbonyl (C=O) groups excluding carboxylic acids is 1. The van der Waals surface area contributed by atoms with Crippen LogP contribution in [-0.2, 0) is 17.8 Å². The van der Waals surface area contributed by atoms with Crippen molar-refractivity contribution in [2.45, 2.75) is 13.0 Å². The Kier molecular flexibility index (Phi) is 5.25. The van der Waals surface area contributed by atoms with E-state index in [1.807, 2.05) is 0 Å². The lowest BCUT2D eigenvalue weighted by Crippen LogP contribution is -2.36. The van der Waals surface area contributed by atoms with Gasteiger partial charge in [0.25, 0.3) is 5.52 Å². The minimum Gasteiger partial charge on any atom is -0.487 e. The molecule has 144 valence electrons. The molecular formula is C19H18N3O6+. The molecule has 0 atom stereocenters. The minimum atomic E-state index is -0.943. The average Bonchev–Trinajstić information content (AvgIpc) is 2.69. The molecule has 0 fully saturated rings. The second-order valence-electron chi connectivity index (χ2n) is 5.97. The summed E-state index contributed by atoms with van der Waals surface area (Å²) >= 11 is 0. The van der Waals surface area contributed by atoms with Crippen molar-refractivity contribution >= 4 is 22.9 Å². The van der Waals surface area contributed by atoms with Gasteiger partial charge >= 0.3 is 17.6 Å². The zero-order valence-corrected chi connectivity index (χ0v) is 15.0. The third-order valence-electron chi connectivity index (χ3n) is 4.16. The lowest BCUT2D eigenvalue weighted by atomic mass is 10.1. The van der Waals surface area contributed by atoms with Crippen LogP contribution in [0.3, 0.4) is 0 Å². The van der Waals surface area contributed by atoms with Gasteiger partial charge in [-0.15, -0.1) is 0 Å². The summed E-state index contributed by atoms with van der Waals surface area (Å²) in [5.74, 6) is -1.22. The van der Waals surface area contributed by atoms with Crippen LogP contribution < -0.4 is 14.5 Å². The number of nitrogens with zero attached hydrogens (tertiary/aromatic N) is 2. The largest absolute Gasteiger partial charge is 0.487 e. The number of benzene rings is 2. The Balaban J connectivity index is 1.98. The van der Waals surface area contributed by atoms with E-state index in [1.54, 1.807) is 42.5 Å². The molecule has 3 rings (SSSR count). The van der Waals surface area contributed by atoms with Crippen molar-refractivity contribution < 1.29 is 29.1 Å². The fraction of sp³-hybridized carbons (Fsp3) is 0.158. The molecule has 0 unspecified atom stereocenters. The number of carboxylic acids is 1. The molecule has 9 heteroatoms. The van der Waals surface area contributed by atoms with Crippen molar-refractivity contribution in [2.75, 3.05) is 7.05 Å². The number of aromatic nitrogens is 2. The van der Waals surface area contributed by atoms with Crippen LogP contribution in [0.2, 0.25) is 0 Å². The predicted molar refractivity (Wildman–Crippen MR) is 98.0 cm³/mol. The number of aliphatic carboxylic acids is 1. The molecule has 3 N–H and O–H groups in total. The summed E-state index contributed by atoms with van der Waals surface area (Å²) in [4.78, 5) is 35.7. The zero-order chi connectivity index (χ0) is 20.3. The third-order valence-corrected chi connectivity index (χ3v) is 4.16. The number of ether oxygens (including phenoxy) is 1. The van der Waals surface area contributed by atoms with Crippen LogP contribution in [0.5, 0.6) is 5.75 Å². The van der Waals surface area contributed by atoms with Gasteiger partial charge in [-0.1, -0.05) is 24.3 Å². The first-order valence-corrected chi connectivity index (χ1v) is 8.36. The molecule has 0 aliphatic heterocycles. The second-order valence-corrected chi connectivity index (χ2v) is 5.97. The van der Waals surface area contributed by atoms with Crippen LogP contribution >= 0.6 is 0 Å². The van der Waals surface area contributed by atoms with Gasteiger partial charge in [-0.05, 0) is 23.8 Å². The Hall–Kier alpha value is -3.88. The van der Waals surface area contributed by atoms with Crippen molar-refractivity contribution in [1.29, 1.82) is 0 Å². The number of hydrogen-bond acceptors (Lipinski definition) is 5. The topological polar surface area (TPSA) is 124 Å². The molecule has 0 saturated carbocycles. The van der Waals surface area contributed by atoms with Gasteiger partial charge in [0.1, 0.15) is 12.4 Å². The Bertz CT molecular complexity index is 1110. The highest BCUT2D eigenvalue weighted by Crippen LogP contribution is 2.18. The Morgan fingerprint density at radius 2 is 1.82 bits per heavy atom. The fourth-order valence-corrected chi connectivity index (χ4v) is 2.80. The van der Waals surface area contributed by atoms with Crippen molar-refractivity contribution in [3.8, 4) is 5.75 Å². The maximum atomic E-state index is 12.7. The van der Waals surface area contributed by atoms with Crippen LogP contribution in [0, 0.1) is 4.91 Å². The molecule has 1 amide bonds. The SMILES string of the molecule is CNC(=O)c1c(COc2ccc(CC(=O)O)cc2)n(O)c2ccccc2[n+]1=O. The summed E-state index contributed by atoms with van der Waals surface area (Å²) < 4.78 is 6.82. The smallest absolute Gasteiger partial charge is 0.353 e. The molecule has 0 aliphatic rings. The van der Waals surface area contributed by atoms with Gasteiger partial charge in [-0.3, -0.25) is 9.59 Å². The first-order chi connectivity index (χ1) is 13.4. The highest BCUT2D eigenvalue weighted by molar-refractivity contribution is 5.92. The van der Waals surface area contributed by atoms with Gasteiger partial charge in [0.2, 0.25) is 0 Å². The summed E-state index contributed by atoms with van der Waals surface area (Å²) in [5, 5.41) is 21.7. The van der Waals surface area contributed by atoms with E-state index < -0.39 is 11.9 Å². The molecule has 0 aliphatic carbocycles. The summed E-state index contributed by atoms with van der Waals surface area (Å²) in [6.07, 6.45) is -0.113. The Morgan fingerprint density at radius 1 is 1.14 bits per heavy atom. The second kappa shape index (κ2) is 7.78. The van der Waals surface area contributed by atoms with Crippen molar-refractivity contribution in [1.82, 2.24) is 10.0 Å². The van der Waals surface area contributed by atoms with E-state index >= 15 is 0 Å². The number of carbonyl (C=O) groups is 2. The molecule has 0 radical (unpaired) electrons. The zero-order valence-electron chi connectivity index (χ0n) is 15.0. The molecule has 2 aromatic carbocycles. The van der Waals surface area contributed by atoms with Gasteiger partial charge in [0.15, 0.2) is 11.2 Å². The van der Waals surface area contributed by atoms with E-state index in [1.165, 1.54) is 13.1 Å². The number of para-hydroxylation sites is 2. The van der Waals surface area contributed by atoms with Crippen molar-refractivity contribution in [3.63, 3.8) is 0 Å². The van der Waals surface area contributed by atoms with E-state index in [0.717, 1.165) is 4.73 Å². The number of nitrogens with one attached hydrogen (secondary N) is 1. The van der Waals surface area contributed by atoms with Gasteiger partial charge in [-0.2, -0.15) is 4.73 Å². The molecule has 0 saturated heterocycles. The number of rotatable bonds is 6. The molecule has 3 aromatic rings. The van der Waals surface area contributed by atoms with Crippen molar-refractivity contribution in [3.05, 3.63) is 70.4 Å². The number of amides is 1. The number of carboxylic acid groups (broad SMARTS) is 1. The lowest BCUT2D eigenvalue weighted by Gasteiger charge is -2.11. The average molecular weight is 384 g/mol. The van der Waals surface area contributed by atoms with E-state index in [2.05, 4.69) is 5.32 Å². The van der Waals surface area contributed by atoms with E-state index in [4.69, 9.17) is 9.84 Å². The number of hydrogen-bond donors (Lipinski definition) is 3. The Morgan fingerprint density at radius 3 is 2.46 bits per heavy atom. The van der Waals surface area contributed by atoms with Crippen LogP contribution in [0.1, 0.15) is 21.7 Å². The maximum absolute atomic E-state index is 12.7. The normalized spacial score (nSPS) is 10.6. The fourth-order valence-electron chi connectivity index (χ4n) is 2.80. The molecule has 0 bridgehead atoms. The quantitative estimate of drug-likeness (QED) is 0.435. The summed E-state index contributed by atoms with van der Waals surface area (Å²) in [7, 11) is 1.38. The minimum absolute atomic E-state index is 0.0253. The summed E-state index contributed by atoms with van der Waals surface area (Å²) in [6, 6.07) is 12.7. The van der Waals surface area contributed by atoms with E-state index in [0.29, 0.717) is 15.7 Å². The predicted octanol–water partition coefficient (Wildman–Crippen LogP) is 1.36. The van der Waals surface area contributed by atoms with E-state index in [9.17, 15) is 19.7 Å². The molecule has 1 aromatic heterocycles. The molecular weight excluding hydrogens is 366 g/mol. The van der Waals surface area contributed by atoms with Crippen molar-refractivity contribution in [2.24, 2.45) is 0 Å². The van der Waals surface area contributed by atoms with Crippen LogP contribution in [0.15, 0.2) is 48.5 Å². The monoisotopic (exact) mass is 384 g/mol. The number of fused-ring (bicyclic) bond motifs is 1. The van der Waals surface area contributed by atoms with Gasteiger partial charge in [-0.25, -0.2) is 0 Å². The lowest BCUT2D eigenvalue weighted by molar-refractivity contribution is -0.469. The third kappa shape index (κ3) is 3.63. The maximum Gasteiger partial charge on any atom is 0.353 e. The van der Waals surface area contributed by atoms with Crippen LogP contribution in [-0.4, -0.2) is 34.0 Å².